The normalized spacial score (nSPS) is 10.9. The molecule has 0 saturated heterocycles. The Hall–Kier alpha value is -3.15. The monoisotopic (exact) mass is 292 g/mol. The molecule has 3 aromatic heterocycles. The molecule has 0 amide bonds. The molecule has 4 aromatic rings. The molecule has 22 heavy (non-hydrogen) atoms. The molecular weight excluding hydrogens is 280 g/mol. The third-order valence-corrected chi connectivity index (χ3v) is 3.36. The molecule has 0 unspecified atom stereocenters. The van der Waals surface area contributed by atoms with Gasteiger partial charge in [0.1, 0.15) is 12.4 Å². The van der Waals surface area contributed by atoms with E-state index < -0.39 is 0 Å². The zero-order valence-corrected chi connectivity index (χ0v) is 11.6. The van der Waals surface area contributed by atoms with Gasteiger partial charge in [0.15, 0.2) is 0 Å². The quantitative estimate of drug-likeness (QED) is 0.578. The summed E-state index contributed by atoms with van der Waals surface area (Å²) in [6.07, 6.45) is 4.99. The molecule has 6 heteroatoms. The summed E-state index contributed by atoms with van der Waals surface area (Å²) >= 11 is 0. The van der Waals surface area contributed by atoms with Gasteiger partial charge in [-0.1, -0.05) is 12.1 Å². The minimum atomic E-state index is 0.462. The molecule has 0 aliphatic carbocycles. The zero-order valence-electron chi connectivity index (χ0n) is 11.6. The van der Waals surface area contributed by atoms with Crippen molar-refractivity contribution in [3.8, 4) is 17.2 Å². The number of aromatic nitrogens is 4. The number of hydrogen-bond donors (Lipinski definition) is 0. The summed E-state index contributed by atoms with van der Waals surface area (Å²) < 4.78 is 12.9. The Morgan fingerprint density at radius 2 is 2.14 bits per heavy atom. The molecule has 0 aliphatic heterocycles. The number of fused-ring (bicyclic) bond motifs is 1. The largest absolute Gasteiger partial charge is 0.489 e. The molecule has 0 bridgehead atoms. The minimum Gasteiger partial charge on any atom is -0.489 e. The van der Waals surface area contributed by atoms with Crippen LogP contribution in [0, 0.1) is 0 Å². The van der Waals surface area contributed by atoms with Crippen molar-refractivity contribution in [2.75, 3.05) is 0 Å². The molecule has 6 nitrogen and oxygen atoms in total. The van der Waals surface area contributed by atoms with Crippen molar-refractivity contribution >= 4 is 5.52 Å². The van der Waals surface area contributed by atoms with Gasteiger partial charge in [0.2, 0.25) is 12.3 Å². The van der Waals surface area contributed by atoms with Gasteiger partial charge in [-0.15, -0.1) is 10.2 Å². The average molecular weight is 292 g/mol. The van der Waals surface area contributed by atoms with Crippen LogP contribution in [0.2, 0.25) is 0 Å². The van der Waals surface area contributed by atoms with Crippen LogP contribution in [-0.2, 0) is 6.61 Å². The van der Waals surface area contributed by atoms with E-state index in [1.165, 1.54) is 6.39 Å². The van der Waals surface area contributed by atoms with E-state index in [2.05, 4.69) is 15.3 Å². The van der Waals surface area contributed by atoms with Gasteiger partial charge < -0.3 is 9.15 Å². The van der Waals surface area contributed by atoms with Crippen molar-refractivity contribution in [1.29, 1.82) is 0 Å². The highest BCUT2D eigenvalue weighted by atomic mass is 16.5. The third kappa shape index (κ3) is 2.31. The summed E-state index contributed by atoms with van der Waals surface area (Å²) in [4.78, 5) is 0. The van der Waals surface area contributed by atoms with Gasteiger partial charge in [-0.25, -0.2) is 4.52 Å². The fourth-order valence-electron chi connectivity index (χ4n) is 2.31. The zero-order chi connectivity index (χ0) is 14.8. The van der Waals surface area contributed by atoms with Crippen LogP contribution in [0.3, 0.4) is 0 Å². The molecule has 4 rings (SSSR count). The van der Waals surface area contributed by atoms with Crippen LogP contribution in [0.15, 0.2) is 65.7 Å². The number of rotatable bonds is 4. The van der Waals surface area contributed by atoms with Crippen LogP contribution in [-0.4, -0.2) is 19.8 Å². The van der Waals surface area contributed by atoms with E-state index in [-0.39, 0.29) is 0 Å². The van der Waals surface area contributed by atoms with Crippen molar-refractivity contribution in [2.45, 2.75) is 6.61 Å². The predicted octanol–water partition coefficient (Wildman–Crippen LogP) is 2.96. The van der Waals surface area contributed by atoms with Crippen LogP contribution in [0.5, 0.6) is 5.75 Å². The summed E-state index contributed by atoms with van der Waals surface area (Å²) in [7, 11) is 0. The van der Waals surface area contributed by atoms with Crippen molar-refractivity contribution in [3.63, 3.8) is 0 Å². The number of ether oxygens (including phenoxy) is 1. The van der Waals surface area contributed by atoms with Crippen LogP contribution in [0.4, 0.5) is 0 Å². The second kappa shape index (κ2) is 5.33. The molecule has 0 saturated carbocycles. The lowest BCUT2D eigenvalue weighted by Gasteiger charge is -2.08. The Labute approximate surface area is 126 Å². The fraction of sp³-hybridized carbons (Fsp3) is 0.0625. The third-order valence-electron chi connectivity index (χ3n) is 3.36. The molecule has 0 aliphatic rings. The van der Waals surface area contributed by atoms with Crippen LogP contribution in [0.1, 0.15) is 5.56 Å². The summed E-state index contributed by atoms with van der Waals surface area (Å²) in [5.74, 6) is 1.22. The first-order valence-corrected chi connectivity index (χ1v) is 6.81. The lowest BCUT2D eigenvalue weighted by atomic mass is 10.2. The smallest absolute Gasteiger partial charge is 0.247 e. The maximum atomic E-state index is 5.88. The maximum absolute atomic E-state index is 5.88. The number of hydrogen-bond acceptors (Lipinski definition) is 5. The van der Waals surface area contributed by atoms with Gasteiger partial charge in [0, 0.05) is 23.5 Å². The Bertz CT molecular complexity index is 899. The molecule has 0 N–H and O–H groups in total. The van der Waals surface area contributed by atoms with E-state index in [1.54, 1.807) is 6.20 Å². The first kappa shape index (κ1) is 12.6. The first-order chi connectivity index (χ1) is 10.9. The van der Waals surface area contributed by atoms with Crippen LogP contribution >= 0.6 is 0 Å². The standard InChI is InChI=1S/C16H12N4O2/c1-3-12(16-19-17-11-22-16)9-14(5-1)21-10-13-4-2-8-20-15(13)6-7-18-20/h1-9,11H,10H2. The minimum absolute atomic E-state index is 0.462. The van der Waals surface area contributed by atoms with Crippen molar-refractivity contribution in [3.05, 3.63) is 66.8 Å². The van der Waals surface area contributed by atoms with Gasteiger partial charge >= 0.3 is 0 Å². The van der Waals surface area contributed by atoms with Gasteiger partial charge in [0.05, 0.1) is 5.52 Å². The second-order valence-electron chi connectivity index (χ2n) is 4.75. The SMILES string of the molecule is c1cc(OCc2cccn3nccc23)cc(-c2nnco2)c1. The predicted molar refractivity (Wildman–Crippen MR) is 79.3 cm³/mol. The average Bonchev–Trinajstić information content (AvgIpc) is 3.24. The van der Waals surface area contributed by atoms with E-state index in [0.717, 1.165) is 22.4 Å². The Kier molecular flexibility index (Phi) is 3.05. The molecule has 0 atom stereocenters. The summed E-state index contributed by atoms with van der Waals surface area (Å²) in [5.41, 5.74) is 2.94. The molecule has 1 aromatic carbocycles. The van der Waals surface area contributed by atoms with E-state index in [9.17, 15) is 0 Å². The number of nitrogens with zero attached hydrogens (tertiary/aromatic N) is 4. The van der Waals surface area contributed by atoms with Crippen LogP contribution in [0.25, 0.3) is 17.0 Å². The van der Waals surface area contributed by atoms with Gasteiger partial charge in [0.25, 0.3) is 0 Å². The van der Waals surface area contributed by atoms with Gasteiger partial charge in [-0.3, -0.25) is 0 Å². The topological polar surface area (TPSA) is 65.5 Å². The van der Waals surface area contributed by atoms with Crippen LogP contribution < -0.4 is 4.74 Å². The van der Waals surface area contributed by atoms with E-state index in [0.29, 0.717) is 12.5 Å². The number of benzene rings is 1. The first-order valence-electron chi connectivity index (χ1n) is 6.81. The lowest BCUT2D eigenvalue weighted by molar-refractivity contribution is 0.307. The lowest BCUT2D eigenvalue weighted by Crippen LogP contribution is -1.98. The molecular formula is C16H12N4O2. The highest BCUT2D eigenvalue weighted by molar-refractivity contribution is 5.56. The summed E-state index contributed by atoms with van der Waals surface area (Å²) in [5, 5.41) is 11.8. The van der Waals surface area contributed by atoms with Gasteiger partial charge in [-0.05, 0) is 30.3 Å². The molecule has 0 fully saturated rings. The molecule has 3 heterocycles. The fourth-order valence-corrected chi connectivity index (χ4v) is 2.31. The maximum Gasteiger partial charge on any atom is 0.247 e. The summed E-state index contributed by atoms with van der Waals surface area (Å²) in [6, 6.07) is 13.5. The van der Waals surface area contributed by atoms with Crippen molar-refractivity contribution in [1.82, 2.24) is 19.8 Å². The van der Waals surface area contributed by atoms with E-state index in [1.807, 2.05) is 53.2 Å². The van der Waals surface area contributed by atoms with Crippen molar-refractivity contribution in [2.24, 2.45) is 0 Å². The Morgan fingerprint density at radius 1 is 1.14 bits per heavy atom. The Morgan fingerprint density at radius 3 is 3.05 bits per heavy atom. The summed E-state index contributed by atoms with van der Waals surface area (Å²) in [6.45, 7) is 0.462. The molecule has 108 valence electrons. The van der Waals surface area contributed by atoms with Crippen molar-refractivity contribution < 1.29 is 9.15 Å². The van der Waals surface area contributed by atoms with E-state index >= 15 is 0 Å². The highest BCUT2D eigenvalue weighted by Crippen LogP contribution is 2.23. The highest BCUT2D eigenvalue weighted by Gasteiger charge is 2.06. The Balaban J connectivity index is 1.57. The van der Waals surface area contributed by atoms with E-state index in [4.69, 9.17) is 9.15 Å². The second-order valence-corrected chi connectivity index (χ2v) is 4.75. The number of pyridine rings is 1. The molecule has 0 radical (unpaired) electrons. The molecule has 0 spiro atoms. The van der Waals surface area contributed by atoms with Gasteiger partial charge in [-0.2, -0.15) is 5.10 Å².